The highest BCUT2D eigenvalue weighted by Crippen LogP contribution is 2.10. The molecule has 0 unspecified atom stereocenters. The molecule has 0 saturated carbocycles. The van der Waals surface area contributed by atoms with E-state index < -0.39 is 0 Å². The smallest absolute Gasteiger partial charge is 0.0807 e. The topological polar surface area (TPSA) is 3.24 Å². The maximum atomic E-state index is 2.29. The molecule has 0 aliphatic rings. The molecule has 0 spiro atoms. The van der Waals surface area contributed by atoms with Crippen LogP contribution in [0.2, 0.25) is 6.04 Å². The van der Waals surface area contributed by atoms with Crippen molar-refractivity contribution in [1.29, 1.82) is 0 Å². The molecule has 0 atom stereocenters. The molecule has 1 nitrogen and oxygen atoms in total. The van der Waals surface area contributed by atoms with Crippen molar-refractivity contribution in [3.63, 3.8) is 0 Å². The lowest BCUT2D eigenvalue weighted by molar-refractivity contribution is 0.585. The third-order valence-corrected chi connectivity index (χ3v) is 5.09. The SMILES string of the molecule is CCCCCCCCCC[Si]c1ccc(N(C)C)cc1. The van der Waals surface area contributed by atoms with Crippen LogP contribution in [0.3, 0.4) is 0 Å². The Morgan fingerprint density at radius 1 is 0.800 bits per heavy atom. The third-order valence-electron chi connectivity index (χ3n) is 3.74. The van der Waals surface area contributed by atoms with E-state index in [2.05, 4.69) is 50.2 Å². The molecule has 0 N–H and O–H groups in total. The minimum atomic E-state index is 0.988. The lowest BCUT2D eigenvalue weighted by Gasteiger charge is -2.12. The molecule has 0 heterocycles. The fourth-order valence-electron chi connectivity index (χ4n) is 2.37. The first kappa shape index (κ1) is 17.3. The van der Waals surface area contributed by atoms with Gasteiger partial charge < -0.3 is 4.90 Å². The van der Waals surface area contributed by atoms with Crippen molar-refractivity contribution in [2.24, 2.45) is 0 Å². The standard InChI is InChI=1S/C18H31NSi/c1-4-5-6-7-8-9-10-11-16-20-18-14-12-17(13-15-18)19(2)3/h12-15H,4-11,16H2,1-3H3. The molecule has 0 amide bonds. The van der Waals surface area contributed by atoms with E-state index in [1.54, 1.807) is 0 Å². The summed E-state index contributed by atoms with van der Waals surface area (Å²) in [5.41, 5.74) is 1.30. The number of benzene rings is 1. The Kier molecular flexibility index (Phi) is 9.47. The summed E-state index contributed by atoms with van der Waals surface area (Å²) in [6, 6.07) is 10.4. The Morgan fingerprint density at radius 2 is 1.35 bits per heavy atom. The van der Waals surface area contributed by atoms with Gasteiger partial charge in [-0.3, -0.25) is 0 Å². The van der Waals surface area contributed by atoms with Gasteiger partial charge in [-0.2, -0.15) is 0 Å². The van der Waals surface area contributed by atoms with Crippen molar-refractivity contribution in [1.82, 2.24) is 0 Å². The van der Waals surface area contributed by atoms with E-state index in [-0.39, 0.29) is 0 Å². The molecule has 112 valence electrons. The van der Waals surface area contributed by atoms with E-state index >= 15 is 0 Å². The average Bonchev–Trinajstić information content (AvgIpc) is 2.46. The summed E-state index contributed by atoms with van der Waals surface area (Å²) < 4.78 is 0. The quantitative estimate of drug-likeness (QED) is 0.424. The van der Waals surface area contributed by atoms with Crippen molar-refractivity contribution in [2.75, 3.05) is 19.0 Å². The predicted octanol–water partition coefficient (Wildman–Crippen LogP) is 4.64. The zero-order chi connectivity index (χ0) is 14.6. The minimum Gasteiger partial charge on any atom is -0.378 e. The van der Waals surface area contributed by atoms with Gasteiger partial charge in [0.15, 0.2) is 0 Å². The van der Waals surface area contributed by atoms with Crippen LogP contribution in [-0.2, 0) is 0 Å². The van der Waals surface area contributed by atoms with Crippen LogP contribution in [0.5, 0.6) is 0 Å². The maximum absolute atomic E-state index is 2.29. The van der Waals surface area contributed by atoms with Crippen LogP contribution in [0.25, 0.3) is 0 Å². The lowest BCUT2D eigenvalue weighted by atomic mass is 10.1. The van der Waals surface area contributed by atoms with Crippen LogP contribution >= 0.6 is 0 Å². The summed E-state index contributed by atoms with van der Waals surface area (Å²) in [4.78, 5) is 2.16. The molecular weight excluding hydrogens is 258 g/mol. The second-order valence-corrected chi connectivity index (χ2v) is 7.27. The summed E-state index contributed by atoms with van der Waals surface area (Å²) in [5, 5.41) is 1.51. The summed E-state index contributed by atoms with van der Waals surface area (Å²) in [7, 11) is 5.18. The molecule has 0 aliphatic heterocycles. The second-order valence-electron chi connectivity index (χ2n) is 5.84. The molecule has 1 aromatic carbocycles. The van der Waals surface area contributed by atoms with E-state index in [0.29, 0.717) is 0 Å². The molecular formula is C18H31NSi. The average molecular weight is 290 g/mol. The van der Waals surface area contributed by atoms with Gasteiger partial charge in [-0.05, 0) is 12.1 Å². The van der Waals surface area contributed by atoms with Crippen molar-refractivity contribution >= 4 is 20.4 Å². The fraction of sp³-hybridized carbons (Fsp3) is 0.667. The van der Waals surface area contributed by atoms with Gasteiger partial charge in [0.25, 0.3) is 0 Å². The van der Waals surface area contributed by atoms with Gasteiger partial charge in [-0.1, -0.05) is 81.7 Å². The third kappa shape index (κ3) is 7.74. The minimum absolute atomic E-state index is 0.988. The Hall–Kier alpha value is -0.763. The highest BCUT2D eigenvalue weighted by Gasteiger charge is 1.98. The Bertz CT molecular complexity index is 332. The first-order chi connectivity index (χ1) is 9.74. The number of nitrogens with zero attached hydrogens (tertiary/aromatic N) is 1. The van der Waals surface area contributed by atoms with E-state index in [1.165, 1.54) is 68.3 Å². The first-order valence-electron chi connectivity index (χ1n) is 8.25. The number of anilines is 1. The molecule has 0 bridgehead atoms. The number of hydrogen-bond donors (Lipinski definition) is 0. The Balaban J connectivity index is 2.01. The summed E-state index contributed by atoms with van der Waals surface area (Å²) in [6.07, 6.45) is 11.4. The number of hydrogen-bond acceptors (Lipinski definition) is 1. The van der Waals surface area contributed by atoms with Crippen molar-refractivity contribution in [3.05, 3.63) is 24.3 Å². The summed E-state index contributed by atoms with van der Waals surface area (Å²) >= 11 is 0. The van der Waals surface area contributed by atoms with E-state index in [4.69, 9.17) is 0 Å². The molecule has 20 heavy (non-hydrogen) atoms. The van der Waals surface area contributed by atoms with Gasteiger partial charge in [0.2, 0.25) is 0 Å². The van der Waals surface area contributed by atoms with E-state index in [1.807, 2.05) is 0 Å². The summed E-state index contributed by atoms with van der Waals surface area (Å²) in [6.45, 7) is 2.28. The monoisotopic (exact) mass is 289 g/mol. The zero-order valence-corrected chi connectivity index (χ0v) is 14.6. The van der Waals surface area contributed by atoms with E-state index in [0.717, 1.165) is 9.52 Å². The highest BCUT2D eigenvalue weighted by molar-refractivity contribution is 6.53. The van der Waals surface area contributed by atoms with Gasteiger partial charge >= 0.3 is 0 Å². The van der Waals surface area contributed by atoms with Gasteiger partial charge in [0.05, 0.1) is 9.52 Å². The second kappa shape index (κ2) is 11.0. The molecule has 0 aromatic heterocycles. The van der Waals surface area contributed by atoms with Gasteiger partial charge in [-0.15, -0.1) is 0 Å². The van der Waals surface area contributed by atoms with Crippen LogP contribution in [0.1, 0.15) is 58.3 Å². The van der Waals surface area contributed by atoms with Crippen molar-refractivity contribution in [3.8, 4) is 0 Å². The first-order valence-corrected chi connectivity index (χ1v) is 9.46. The van der Waals surface area contributed by atoms with Gasteiger partial charge in [0, 0.05) is 19.8 Å². The molecule has 0 saturated heterocycles. The van der Waals surface area contributed by atoms with Crippen LogP contribution in [0, 0.1) is 0 Å². The molecule has 2 heteroatoms. The van der Waals surface area contributed by atoms with Crippen molar-refractivity contribution < 1.29 is 0 Å². The van der Waals surface area contributed by atoms with Crippen LogP contribution in [0.15, 0.2) is 24.3 Å². The Labute approximate surface area is 128 Å². The van der Waals surface area contributed by atoms with Crippen LogP contribution in [-0.4, -0.2) is 23.6 Å². The molecule has 1 rings (SSSR count). The Morgan fingerprint density at radius 3 is 1.90 bits per heavy atom. The van der Waals surface area contributed by atoms with Gasteiger partial charge in [0.1, 0.15) is 0 Å². The molecule has 1 aromatic rings. The van der Waals surface area contributed by atoms with Crippen LogP contribution in [0.4, 0.5) is 5.69 Å². The zero-order valence-electron chi connectivity index (χ0n) is 13.6. The van der Waals surface area contributed by atoms with Crippen molar-refractivity contribution in [2.45, 2.75) is 64.3 Å². The maximum Gasteiger partial charge on any atom is 0.0807 e. The van der Waals surface area contributed by atoms with Gasteiger partial charge in [-0.25, -0.2) is 0 Å². The molecule has 0 aliphatic carbocycles. The van der Waals surface area contributed by atoms with Crippen LogP contribution < -0.4 is 10.1 Å². The highest BCUT2D eigenvalue weighted by atomic mass is 28.2. The molecule has 2 radical (unpaired) electrons. The number of rotatable bonds is 11. The normalized spacial score (nSPS) is 10.8. The summed E-state index contributed by atoms with van der Waals surface area (Å²) in [5.74, 6) is 0. The largest absolute Gasteiger partial charge is 0.378 e. The number of unbranched alkanes of at least 4 members (excludes halogenated alkanes) is 7. The van der Waals surface area contributed by atoms with E-state index in [9.17, 15) is 0 Å². The molecule has 0 fully saturated rings. The predicted molar refractivity (Wildman–Crippen MR) is 93.6 cm³/mol. The lowest BCUT2D eigenvalue weighted by Crippen LogP contribution is -2.15. The fourth-order valence-corrected chi connectivity index (χ4v) is 3.49.